The molecule has 0 saturated carbocycles. The summed E-state index contributed by atoms with van der Waals surface area (Å²) in [5.41, 5.74) is 8.55. The molecule has 1 amide bonds. The number of rotatable bonds is 6. The molecule has 3 rings (SSSR count). The fraction of sp³-hybridized carbons (Fsp3) is 0.240. The predicted octanol–water partition coefficient (Wildman–Crippen LogP) is 4.67. The van der Waals surface area contributed by atoms with Crippen LogP contribution in [0.4, 0.5) is 4.39 Å². The molecule has 32 heavy (non-hydrogen) atoms. The lowest BCUT2D eigenvalue weighted by molar-refractivity contribution is 0.0995. The first-order chi connectivity index (χ1) is 15.1. The Morgan fingerprint density at radius 2 is 1.91 bits per heavy atom. The molecule has 7 heteroatoms. The van der Waals surface area contributed by atoms with E-state index < -0.39 is 11.7 Å². The number of ether oxygens (including phenoxy) is 2. The van der Waals surface area contributed by atoms with Crippen molar-refractivity contribution in [2.45, 2.75) is 26.2 Å². The lowest BCUT2D eigenvalue weighted by Crippen LogP contribution is -2.14. The smallest absolute Gasteiger partial charge is 0.267 e. The van der Waals surface area contributed by atoms with E-state index in [0.29, 0.717) is 22.9 Å². The molecule has 2 N–H and O–H groups in total. The summed E-state index contributed by atoms with van der Waals surface area (Å²) in [5, 5.41) is 0. The van der Waals surface area contributed by atoms with Gasteiger partial charge in [0, 0.05) is 22.8 Å². The van der Waals surface area contributed by atoms with Gasteiger partial charge in [-0.25, -0.2) is 14.4 Å². The molecule has 0 spiro atoms. The zero-order valence-electron chi connectivity index (χ0n) is 18.7. The third-order valence-electron chi connectivity index (χ3n) is 4.83. The topological polar surface area (TPSA) is 87.3 Å². The number of methoxy groups -OCH3 is 2. The predicted molar refractivity (Wildman–Crippen MR) is 122 cm³/mol. The fourth-order valence-electron chi connectivity index (χ4n) is 3.31. The number of amides is 1. The standard InChI is InChI=1S/C25H25FN3O3/c1-25(2,3)20-12-16(19-13-17(26)14-28-24(19)32-5)11-15(22(20)31-4)9-10-18-7-6-8-21(29-18)23(27)30/h6-7,9-14H,1-5H3,(H2,27,30)/b10-9+. The van der Waals surface area contributed by atoms with E-state index in [0.717, 1.165) is 22.9 Å². The van der Waals surface area contributed by atoms with E-state index >= 15 is 0 Å². The molecule has 0 unspecified atom stereocenters. The average molecular weight is 434 g/mol. The van der Waals surface area contributed by atoms with Gasteiger partial charge in [0.15, 0.2) is 0 Å². The van der Waals surface area contributed by atoms with Crippen LogP contribution in [-0.2, 0) is 5.41 Å². The number of nitrogens with zero attached hydrogens (tertiary/aromatic N) is 2. The summed E-state index contributed by atoms with van der Waals surface area (Å²) in [7, 11) is 3.10. The van der Waals surface area contributed by atoms with E-state index in [9.17, 15) is 9.18 Å². The van der Waals surface area contributed by atoms with Crippen LogP contribution in [0.3, 0.4) is 0 Å². The molecule has 0 fully saturated rings. The number of nitrogens with two attached hydrogens (primary N) is 1. The van der Waals surface area contributed by atoms with Crippen molar-refractivity contribution in [3.63, 3.8) is 0 Å². The highest BCUT2D eigenvalue weighted by molar-refractivity contribution is 5.90. The van der Waals surface area contributed by atoms with Crippen LogP contribution in [0.15, 0.2) is 36.5 Å². The maximum atomic E-state index is 14.0. The minimum Gasteiger partial charge on any atom is -0.496 e. The molecular formula is C25H25FN3O3. The number of halogens is 1. The van der Waals surface area contributed by atoms with E-state index in [2.05, 4.69) is 36.8 Å². The third-order valence-corrected chi connectivity index (χ3v) is 4.83. The van der Waals surface area contributed by atoms with Crippen LogP contribution < -0.4 is 15.2 Å². The van der Waals surface area contributed by atoms with Crippen LogP contribution in [0, 0.1) is 11.9 Å². The van der Waals surface area contributed by atoms with Crippen LogP contribution in [0.1, 0.15) is 48.1 Å². The van der Waals surface area contributed by atoms with Crippen molar-refractivity contribution in [1.29, 1.82) is 0 Å². The molecule has 0 saturated heterocycles. The normalized spacial score (nSPS) is 11.6. The van der Waals surface area contributed by atoms with E-state index in [4.69, 9.17) is 15.2 Å². The van der Waals surface area contributed by atoms with Crippen LogP contribution in [-0.4, -0.2) is 30.1 Å². The third kappa shape index (κ3) is 4.94. The van der Waals surface area contributed by atoms with Gasteiger partial charge >= 0.3 is 0 Å². The molecule has 6 nitrogen and oxygen atoms in total. The lowest BCUT2D eigenvalue weighted by atomic mass is 9.83. The zero-order chi connectivity index (χ0) is 23.5. The van der Waals surface area contributed by atoms with Gasteiger partial charge in [-0.1, -0.05) is 20.8 Å². The summed E-state index contributed by atoms with van der Waals surface area (Å²) in [6.45, 7) is 6.20. The molecule has 0 aliphatic carbocycles. The van der Waals surface area contributed by atoms with E-state index in [1.54, 1.807) is 25.3 Å². The Labute approximate surface area is 186 Å². The Bertz CT molecular complexity index is 1180. The Morgan fingerprint density at radius 1 is 1.16 bits per heavy atom. The second-order valence-electron chi connectivity index (χ2n) is 8.17. The number of carbonyl (C=O) groups is 1. The molecule has 0 bridgehead atoms. The Kier molecular flexibility index (Phi) is 6.58. The molecule has 2 heterocycles. The second-order valence-corrected chi connectivity index (χ2v) is 8.17. The summed E-state index contributed by atoms with van der Waals surface area (Å²) in [4.78, 5) is 19.7. The van der Waals surface area contributed by atoms with Crippen molar-refractivity contribution in [2.24, 2.45) is 5.73 Å². The molecule has 0 aliphatic heterocycles. The van der Waals surface area contributed by atoms with Crippen molar-refractivity contribution < 1.29 is 18.7 Å². The van der Waals surface area contributed by atoms with Crippen LogP contribution >= 0.6 is 0 Å². The lowest BCUT2D eigenvalue weighted by Gasteiger charge is -2.25. The minimum atomic E-state index is -0.652. The zero-order valence-corrected chi connectivity index (χ0v) is 18.7. The highest BCUT2D eigenvalue weighted by atomic mass is 19.1. The van der Waals surface area contributed by atoms with Crippen molar-refractivity contribution in [2.75, 3.05) is 14.2 Å². The van der Waals surface area contributed by atoms with E-state index in [-0.39, 0.29) is 11.1 Å². The van der Waals surface area contributed by atoms with Crippen molar-refractivity contribution in [3.05, 3.63) is 70.9 Å². The first-order valence-electron chi connectivity index (χ1n) is 9.93. The van der Waals surface area contributed by atoms with Gasteiger partial charge in [-0.15, -0.1) is 0 Å². The highest BCUT2D eigenvalue weighted by Crippen LogP contribution is 2.40. The number of primary amides is 1. The number of hydrogen-bond acceptors (Lipinski definition) is 5. The summed E-state index contributed by atoms with van der Waals surface area (Å²) >= 11 is 0. The minimum absolute atomic E-state index is 0.0545. The maximum absolute atomic E-state index is 14.0. The second kappa shape index (κ2) is 9.18. The van der Waals surface area contributed by atoms with Gasteiger partial charge in [0.1, 0.15) is 17.3 Å². The quantitative estimate of drug-likeness (QED) is 0.609. The maximum Gasteiger partial charge on any atom is 0.267 e. The van der Waals surface area contributed by atoms with Gasteiger partial charge in [-0.3, -0.25) is 4.79 Å². The van der Waals surface area contributed by atoms with Crippen LogP contribution in [0.25, 0.3) is 23.3 Å². The fourth-order valence-corrected chi connectivity index (χ4v) is 3.31. The van der Waals surface area contributed by atoms with Gasteiger partial charge in [-0.05, 0) is 53.5 Å². The van der Waals surface area contributed by atoms with Gasteiger partial charge in [0.25, 0.3) is 5.91 Å². The molecular weight excluding hydrogens is 409 g/mol. The van der Waals surface area contributed by atoms with E-state index in [1.807, 2.05) is 18.2 Å². The number of aromatic nitrogens is 2. The number of pyridine rings is 2. The van der Waals surface area contributed by atoms with Crippen molar-refractivity contribution >= 4 is 18.1 Å². The van der Waals surface area contributed by atoms with Crippen LogP contribution in [0.2, 0.25) is 0 Å². The van der Waals surface area contributed by atoms with Crippen molar-refractivity contribution in [1.82, 2.24) is 9.97 Å². The summed E-state index contributed by atoms with van der Waals surface area (Å²) in [5.74, 6) is -0.119. The van der Waals surface area contributed by atoms with Crippen molar-refractivity contribution in [3.8, 4) is 22.8 Å². The van der Waals surface area contributed by atoms with Gasteiger partial charge < -0.3 is 15.2 Å². The highest BCUT2D eigenvalue weighted by Gasteiger charge is 2.23. The molecule has 3 aromatic rings. The van der Waals surface area contributed by atoms with Gasteiger partial charge in [0.2, 0.25) is 5.88 Å². The number of carbonyl (C=O) groups excluding carboxylic acids is 1. The molecule has 0 atom stereocenters. The Morgan fingerprint density at radius 3 is 2.53 bits per heavy atom. The van der Waals surface area contributed by atoms with Gasteiger partial charge in [-0.2, -0.15) is 0 Å². The average Bonchev–Trinajstić information content (AvgIpc) is 2.76. The van der Waals surface area contributed by atoms with Gasteiger partial charge in [0.05, 0.1) is 26.1 Å². The molecule has 0 aliphatic rings. The summed E-state index contributed by atoms with van der Waals surface area (Å²) in [6.07, 6.45) is 4.69. The molecule has 1 radical (unpaired) electrons. The molecule has 2 aromatic heterocycles. The summed E-state index contributed by atoms with van der Waals surface area (Å²) in [6, 6.07) is 11.2. The summed E-state index contributed by atoms with van der Waals surface area (Å²) < 4.78 is 25.1. The molecule has 1 aromatic carbocycles. The SMILES string of the molecule is COc1ncc(F)cc1-c1cc(/C=C/c2cc[c]c(C(N)=O)n2)c(OC)c(C(C)(C)C)c1. The monoisotopic (exact) mass is 434 g/mol. The Balaban J connectivity index is 2.21. The van der Waals surface area contributed by atoms with E-state index in [1.165, 1.54) is 13.2 Å². The Hall–Kier alpha value is -3.74. The van der Waals surface area contributed by atoms with Crippen LogP contribution in [0.5, 0.6) is 11.6 Å². The largest absolute Gasteiger partial charge is 0.496 e. The first kappa shape index (κ1) is 22.9. The number of hydrogen-bond donors (Lipinski definition) is 1. The number of benzene rings is 1. The first-order valence-corrected chi connectivity index (χ1v) is 9.93. The molecule has 165 valence electrons.